The number of nitrogens with zero attached hydrogens (tertiary/aromatic N) is 1. The van der Waals surface area contributed by atoms with Crippen LogP contribution in [-0.4, -0.2) is 47.8 Å². The van der Waals surface area contributed by atoms with Crippen LogP contribution in [0.3, 0.4) is 0 Å². The van der Waals surface area contributed by atoms with Crippen LogP contribution in [0.15, 0.2) is 60.7 Å². The van der Waals surface area contributed by atoms with Crippen LogP contribution in [-0.2, 0) is 4.79 Å². The van der Waals surface area contributed by atoms with Gasteiger partial charge >= 0.3 is 0 Å². The van der Waals surface area contributed by atoms with Crippen LogP contribution in [0.4, 0.5) is 0 Å². The van der Waals surface area contributed by atoms with Crippen molar-refractivity contribution in [3.05, 3.63) is 71.8 Å². The van der Waals surface area contributed by atoms with Crippen molar-refractivity contribution < 1.29 is 14.4 Å². The molecule has 0 unspecified atom stereocenters. The van der Waals surface area contributed by atoms with Crippen LogP contribution in [0.2, 0.25) is 0 Å². The van der Waals surface area contributed by atoms with Gasteiger partial charge in [0.05, 0.1) is 0 Å². The predicted molar refractivity (Wildman–Crippen MR) is 121 cm³/mol. The molecular formula is C25H31N3O3. The number of benzene rings is 2. The maximum atomic E-state index is 13.0. The maximum Gasteiger partial charge on any atom is 0.253 e. The van der Waals surface area contributed by atoms with Gasteiger partial charge in [-0.1, -0.05) is 43.3 Å². The Morgan fingerprint density at radius 1 is 0.903 bits per heavy atom. The Kier molecular flexibility index (Phi) is 7.82. The summed E-state index contributed by atoms with van der Waals surface area (Å²) in [6.07, 6.45) is 2.13. The molecule has 3 amide bonds. The first-order valence-electron chi connectivity index (χ1n) is 11.0. The highest BCUT2D eigenvalue weighted by molar-refractivity contribution is 5.97. The second-order valence-electron chi connectivity index (χ2n) is 8.13. The summed E-state index contributed by atoms with van der Waals surface area (Å²) in [4.78, 5) is 40.3. The van der Waals surface area contributed by atoms with Crippen LogP contribution in [0.25, 0.3) is 0 Å². The molecule has 2 N–H and O–H groups in total. The molecule has 1 heterocycles. The predicted octanol–water partition coefficient (Wildman–Crippen LogP) is 3.25. The number of hydrogen-bond donors (Lipinski definition) is 2. The summed E-state index contributed by atoms with van der Waals surface area (Å²) in [5.74, 6) is -0.441. The topological polar surface area (TPSA) is 78.5 Å². The standard InChI is InChI=1S/C25H31N3O3/c1-3-18(2)26-24(30)22(27-23(29)20-10-6-4-7-11-20)19-14-16-28(17-15-19)25(31)21-12-8-5-9-13-21/h4-13,18-19,22H,3,14-17H2,1-2H3,(H,26,30)(H,27,29)/t18-,22+/m1/s1. The molecule has 0 aromatic heterocycles. The quantitative estimate of drug-likeness (QED) is 0.720. The first-order chi connectivity index (χ1) is 15.0. The SMILES string of the molecule is CC[C@@H](C)NC(=O)[C@@H](NC(=O)c1ccccc1)C1CCN(C(=O)c2ccccc2)CC1. The average molecular weight is 422 g/mol. The Labute approximate surface area is 184 Å². The molecule has 0 spiro atoms. The lowest BCUT2D eigenvalue weighted by Gasteiger charge is -2.36. The van der Waals surface area contributed by atoms with E-state index in [4.69, 9.17) is 0 Å². The summed E-state index contributed by atoms with van der Waals surface area (Å²) >= 11 is 0. The Morgan fingerprint density at radius 3 is 2.00 bits per heavy atom. The Balaban J connectivity index is 1.68. The molecule has 1 aliphatic heterocycles. The monoisotopic (exact) mass is 421 g/mol. The number of rotatable bonds is 7. The number of carbonyl (C=O) groups is 3. The largest absolute Gasteiger partial charge is 0.352 e. The summed E-state index contributed by atoms with van der Waals surface area (Å²) in [6.45, 7) is 5.09. The molecule has 31 heavy (non-hydrogen) atoms. The molecule has 1 saturated heterocycles. The number of carbonyl (C=O) groups excluding carboxylic acids is 3. The first-order valence-corrected chi connectivity index (χ1v) is 11.0. The zero-order chi connectivity index (χ0) is 22.2. The highest BCUT2D eigenvalue weighted by atomic mass is 16.2. The molecule has 0 radical (unpaired) electrons. The molecule has 2 aromatic carbocycles. The van der Waals surface area contributed by atoms with E-state index in [1.165, 1.54) is 0 Å². The van der Waals surface area contributed by atoms with Crippen molar-refractivity contribution in [2.75, 3.05) is 13.1 Å². The van der Waals surface area contributed by atoms with Gasteiger partial charge in [-0.3, -0.25) is 14.4 Å². The number of hydrogen-bond acceptors (Lipinski definition) is 3. The summed E-state index contributed by atoms with van der Waals surface area (Å²) in [5, 5.41) is 5.96. The number of piperidine rings is 1. The van der Waals surface area contributed by atoms with Gasteiger partial charge in [-0.05, 0) is 56.4 Å². The maximum absolute atomic E-state index is 13.0. The highest BCUT2D eigenvalue weighted by Gasteiger charge is 2.34. The third-order valence-electron chi connectivity index (χ3n) is 5.93. The average Bonchev–Trinajstić information content (AvgIpc) is 2.83. The van der Waals surface area contributed by atoms with Gasteiger partial charge in [-0.15, -0.1) is 0 Å². The Bertz CT molecular complexity index is 877. The summed E-state index contributed by atoms with van der Waals surface area (Å²) in [6, 6.07) is 17.6. The van der Waals surface area contributed by atoms with Crippen molar-refractivity contribution in [1.29, 1.82) is 0 Å². The van der Waals surface area contributed by atoms with Crippen molar-refractivity contribution in [2.45, 2.75) is 45.2 Å². The van der Waals surface area contributed by atoms with Crippen molar-refractivity contribution in [1.82, 2.24) is 15.5 Å². The van der Waals surface area contributed by atoms with Crippen molar-refractivity contribution in [2.24, 2.45) is 5.92 Å². The molecule has 6 heteroatoms. The molecule has 2 aromatic rings. The van der Waals surface area contributed by atoms with Crippen LogP contribution in [0.1, 0.15) is 53.8 Å². The van der Waals surface area contributed by atoms with Gasteiger partial charge in [0.2, 0.25) is 5.91 Å². The van der Waals surface area contributed by atoms with Crippen LogP contribution >= 0.6 is 0 Å². The fraction of sp³-hybridized carbons (Fsp3) is 0.400. The fourth-order valence-electron chi connectivity index (χ4n) is 3.85. The molecule has 164 valence electrons. The van der Waals surface area contributed by atoms with Gasteiger partial charge in [0, 0.05) is 30.3 Å². The number of likely N-dealkylation sites (tertiary alicyclic amines) is 1. The number of amides is 3. The van der Waals surface area contributed by atoms with Crippen LogP contribution in [0.5, 0.6) is 0 Å². The van der Waals surface area contributed by atoms with E-state index >= 15 is 0 Å². The van der Waals surface area contributed by atoms with Gasteiger partial charge in [-0.2, -0.15) is 0 Å². The normalized spacial score (nSPS) is 16.3. The Hall–Kier alpha value is -3.15. The van der Waals surface area contributed by atoms with E-state index in [1.54, 1.807) is 24.3 Å². The molecule has 2 atom stereocenters. The smallest absolute Gasteiger partial charge is 0.253 e. The van der Waals surface area contributed by atoms with Gasteiger partial charge in [0.25, 0.3) is 11.8 Å². The zero-order valence-electron chi connectivity index (χ0n) is 18.2. The molecule has 0 bridgehead atoms. The lowest BCUT2D eigenvalue weighted by atomic mass is 9.88. The van der Waals surface area contributed by atoms with E-state index in [2.05, 4.69) is 10.6 Å². The minimum absolute atomic E-state index is 0.00739. The Morgan fingerprint density at radius 2 is 1.45 bits per heavy atom. The van der Waals surface area contributed by atoms with Gasteiger partial charge in [-0.25, -0.2) is 0 Å². The fourth-order valence-corrected chi connectivity index (χ4v) is 3.85. The van der Waals surface area contributed by atoms with Crippen molar-refractivity contribution in [3.8, 4) is 0 Å². The second kappa shape index (κ2) is 10.8. The van der Waals surface area contributed by atoms with Crippen molar-refractivity contribution >= 4 is 17.7 Å². The lowest BCUT2D eigenvalue weighted by Crippen LogP contribution is -2.55. The molecule has 1 aliphatic rings. The van der Waals surface area contributed by atoms with E-state index in [0.717, 1.165) is 6.42 Å². The highest BCUT2D eigenvalue weighted by Crippen LogP contribution is 2.23. The minimum Gasteiger partial charge on any atom is -0.352 e. The van der Waals surface area contributed by atoms with Crippen LogP contribution in [0, 0.1) is 5.92 Å². The zero-order valence-corrected chi connectivity index (χ0v) is 18.2. The number of nitrogens with one attached hydrogen (secondary N) is 2. The minimum atomic E-state index is -0.629. The van der Waals surface area contributed by atoms with E-state index in [0.29, 0.717) is 37.1 Å². The third-order valence-corrected chi connectivity index (χ3v) is 5.93. The summed E-state index contributed by atoms with van der Waals surface area (Å²) in [7, 11) is 0. The molecule has 3 rings (SSSR count). The molecular weight excluding hydrogens is 390 g/mol. The van der Waals surface area contributed by atoms with E-state index in [9.17, 15) is 14.4 Å². The molecule has 6 nitrogen and oxygen atoms in total. The van der Waals surface area contributed by atoms with Gasteiger partial charge in [0.1, 0.15) is 6.04 Å². The van der Waals surface area contributed by atoms with Gasteiger partial charge in [0.15, 0.2) is 0 Å². The van der Waals surface area contributed by atoms with E-state index in [-0.39, 0.29) is 29.7 Å². The molecule has 1 fully saturated rings. The van der Waals surface area contributed by atoms with E-state index < -0.39 is 6.04 Å². The lowest BCUT2D eigenvalue weighted by molar-refractivity contribution is -0.125. The van der Waals surface area contributed by atoms with Crippen molar-refractivity contribution in [3.63, 3.8) is 0 Å². The summed E-state index contributed by atoms with van der Waals surface area (Å²) < 4.78 is 0. The third kappa shape index (κ3) is 5.94. The molecule has 0 aliphatic carbocycles. The summed E-state index contributed by atoms with van der Waals surface area (Å²) in [5.41, 5.74) is 1.20. The van der Waals surface area contributed by atoms with E-state index in [1.807, 2.05) is 55.1 Å². The molecule has 0 saturated carbocycles. The first kappa shape index (κ1) is 22.5. The van der Waals surface area contributed by atoms with Gasteiger partial charge < -0.3 is 15.5 Å². The van der Waals surface area contributed by atoms with Crippen LogP contribution < -0.4 is 10.6 Å². The second-order valence-corrected chi connectivity index (χ2v) is 8.13.